The summed E-state index contributed by atoms with van der Waals surface area (Å²) in [7, 11) is 0. The second kappa shape index (κ2) is 7.96. The van der Waals surface area contributed by atoms with Crippen LogP contribution in [-0.4, -0.2) is 29.8 Å². The van der Waals surface area contributed by atoms with E-state index in [1.54, 1.807) is 0 Å². The molecule has 0 aliphatic carbocycles. The lowest BCUT2D eigenvalue weighted by Crippen LogP contribution is -2.42. The molecule has 5 nitrogen and oxygen atoms in total. The van der Waals surface area contributed by atoms with Crippen LogP contribution in [0, 0.1) is 5.92 Å². The Balaban J connectivity index is 4.15. The van der Waals surface area contributed by atoms with Crippen LogP contribution < -0.4 is 5.32 Å². The van der Waals surface area contributed by atoms with Crippen molar-refractivity contribution in [3.05, 3.63) is 0 Å². The highest BCUT2D eigenvalue weighted by atomic mass is 16.5. The number of ether oxygens (including phenoxy) is 1. The van der Waals surface area contributed by atoms with Crippen molar-refractivity contribution in [1.82, 2.24) is 5.32 Å². The number of carboxylic acid groups (broad SMARTS) is 1. The van der Waals surface area contributed by atoms with Crippen LogP contribution in [0.25, 0.3) is 0 Å². The highest BCUT2D eigenvalue weighted by Crippen LogP contribution is 2.06. The van der Waals surface area contributed by atoms with Gasteiger partial charge in [0.25, 0.3) is 0 Å². The Hall–Kier alpha value is -1.26. The normalized spacial score (nSPS) is 12.2. The zero-order chi connectivity index (χ0) is 12.6. The van der Waals surface area contributed by atoms with Gasteiger partial charge in [0.2, 0.25) is 0 Å². The molecule has 0 radical (unpaired) electrons. The first kappa shape index (κ1) is 14.7. The lowest BCUT2D eigenvalue weighted by molar-refractivity contribution is -0.146. The molecule has 0 aliphatic rings. The van der Waals surface area contributed by atoms with E-state index in [-0.39, 0.29) is 5.92 Å². The summed E-state index contributed by atoms with van der Waals surface area (Å²) in [6.45, 7) is 6.20. The average Bonchev–Trinajstić information content (AvgIpc) is 2.15. The second-order valence-corrected chi connectivity index (χ2v) is 4.15. The number of esters is 1. The summed E-state index contributed by atoms with van der Waals surface area (Å²) in [5, 5.41) is 10.8. The number of carbonyl (C=O) groups is 2. The SMILES string of the molecule is CCCCOC(=O)[C@H](CC(C)C)NC(=O)O. The molecule has 0 unspecified atom stereocenters. The number of hydrogen-bond donors (Lipinski definition) is 2. The van der Waals surface area contributed by atoms with Crippen LogP contribution in [0.1, 0.15) is 40.0 Å². The molecule has 0 saturated carbocycles. The molecule has 16 heavy (non-hydrogen) atoms. The Morgan fingerprint density at radius 3 is 2.44 bits per heavy atom. The van der Waals surface area contributed by atoms with Gasteiger partial charge in [0.05, 0.1) is 6.61 Å². The molecule has 0 bridgehead atoms. The number of amides is 1. The molecule has 0 spiro atoms. The fourth-order valence-corrected chi connectivity index (χ4v) is 1.25. The van der Waals surface area contributed by atoms with Gasteiger partial charge in [-0.2, -0.15) is 0 Å². The summed E-state index contributed by atoms with van der Waals surface area (Å²) in [5.41, 5.74) is 0. The van der Waals surface area contributed by atoms with Crippen molar-refractivity contribution in [2.75, 3.05) is 6.61 Å². The second-order valence-electron chi connectivity index (χ2n) is 4.15. The third-order valence-corrected chi connectivity index (χ3v) is 2.03. The number of hydrogen-bond acceptors (Lipinski definition) is 3. The molecular formula is C11H21NO4. The summed E-state index contributed by atoms with van der Waals surface area (Å²) in [5.74, 6) is -0.250. The first-order valence-corrected chi connectivity index (χ1v) is 5.63. The van der Waals surface area contributed by atoms with E-state index >= 15 is 0 Å². The van der Waals surface area contributed by atoms with Crippen LogP contribution in [0.2, 0.25) is 0 Å². The fourth-order valence-electron chi connectivity index (χ4n) is 1.25. The monoisotopic (exact) mass is 231 g/mol. The van der Waals surface area contributed by atoms with Crippen molar-refractivity contribution in [1.29, 1.82) is 0 Å². The Kier molecular flexibility index (Phi) is 7.33. The van der Waals surface area contributed by atoms with E-state index in [4.69, 9.17) is 9.84 Å². The summed E-state index contributed by atoms with van der Waals surface area (Å²) >= 11 is 0. The molecule has 5 heteroatoms. The molecule has 0 aromatic carbocycles. The zero-order valence-electron chi connectivity index (χ0n) is 10.2. The third-order valence-electron chi connectivity index (χ3n) is 2.03. The predicted molar refractivity (Wildman–Crippen MR) is 60.3 cm³/mol. The fraction of sp³-hybridized carbons (Fsp3) is 0.818. The molecule has 0 saturated heterocycles. The first-order chi connectivity index (χ1) is 7.47. The third kappa shape index (κ3) is 7.09. The molecule has 0 aromatic heterocycles. The van der Waals surface area contributed by atoms with Crippen molar-refractivity contribution in [2.45, 2.75) is 46.1 Å². The summed E-state index contributed by atoms with van der Waals surface area (Å²) < 4.78 is 4.98. The maximum Gasteiger partial charge on any atom is 0.405 e. The highest BCUT2D eigenvalue weighted by molar-refractivity contribution is 5.80. The summed E-state index contributed by atoms with van der Waals surface area (Å²) in [4.78, 5) is 22.0. The average molecular weight is 231 g/mol. The van der Waals surface area contributed by atoms with Crippen molar-refractivity contribution >= 4 is 12.1 Å². The van der Waals surface area contributed by atoms with E-state index < -0.39 is 18.1 Å². The van der Waals surface area contributed by atoms with Crippen molar-refractivity contribution in [2.24, 2.45) is 5.92 Å². The number of rotatable bonds is 7. The standard InChI is InChI=1S/C11H21NO4/c1-4-5-6-16-10(13)9(7-8(2)3)12-11(14)15/h8-9,12H,4-7H2,1-3H3,(H,14,15)/t9-/m0/s1. The molecule has 0 fully saturated rings. The van der Waals surface area contributed by atoms with E-state index in [0.717, 1.165) is 12.8 Å². The molecule has 1 atom stereocenters. The maximum atomic E-state index is 11.5. The summed E-state index contributed by atoms with van der Waals surface area (Å²) in [6, 6.07) is -0.755. The van der Waals surface area contributed by atoms with Gasteiger partial charge in [-0.1, -0.05) is 27.2 Å². The predicted octanol–water partition coefficient (Wildman–Crippen LogP) is 2.01. The molecule has 2 N–H and O–H groups in total. The quantitative estimate of drug-likeness (QED) is 0.519. The van der Waals surface area contributed by atoms with Crippen molar-refractivity contribution in [3.63, 3.8) is 0 Å². The van der Waals surface area contributed by atoms with Crippen LogP contribution in [0.5, 0.6) is 0 Å². The lowest BCUT2D eigenvalue weighted by atomic mass is 10.0. The van der Waals surface area contributed by atoms with Gasteiger partial charge >= 0.3 is 12.1 Å². The van der Waals surface area contributed by atoms with Crippen LogP contribution in [0.3, 0.4) is 0 Å². The number of unbranched alkanes of at least 4 members (excludes halogenated alkanes) is 1. The number of carbonyl (C=O) groups excluding carboxylic acids is 1. The van der Waals surface area contributed by atoms with E-state index in [1.165, 1.54) is 0 Å². The minimum Gasteiger partial charge on any atom is -0.465 e. The van der Waals surface area contributed by atoms with Crippen LogP contribution in [-0.2, 0) is 9.53 Å². The zero-order valence-corrected chi connectivity index (χ0v) is 10.2. The maximum absolute atomic E-state index is 11.5. The van der Waals surface area contributed by atoms with Gasteiger partial charge in [-0.25, -0.2) is 9.59 Å². The van der Waals surface area contributed by atoms with Crippen LogP contribution >= 0.6 is 0 Å². The first-order valence-electron chi connectivity index (χ1n) is 5.63. The minimum atomic E-state index is -1.20. The molecule has 0 rings (SSSR count). The van der Waals surface area contributed by atoms with Gasteiger partial charge in [0.1, 0.15) is 6.04 Å². The molecule has 94 valence electrons. The Morgan fingerprint density at radius 2 is 2.00 bits per heavy atom. The van der Waals surface area contributed by atoms with Gasteiger partial charge < -0.3 is 15.2 Å². The van der Waals surface area contributed by atoms with E-state index in [2.05, 4.69) is 5.32 Å². The Labute approximate surface area is 96.2 Å². The molecule has 0 aliphatic heterocycles. The van der Waals surface area contributed by atoms with Gasteiger partial charge in [-0.05, 0) is 18.8 Å². The van der Waals surface area contributed by atoms with E-state index in [1.807, 2.05) is 20.8 Å². The number of nitrogens with one attached hydrogen (secondary N) is 1. The van der Waals surface area contributed by atoms with Gasteiger partial charge in [-0.15, -0.1) is 0 Å². The van der Waals surface area contributed by atoms with Crippen molar-refractivity contribution in [3.8, 4) is 0 Å². The lowest BCUT2D eigenvalue weighted by Gasteiger charge is -2.17. The van der Waals surface area contributed by atoms with Gasteiger partial charge in [-0.3, -0.25) is 0 Å². The largest absolute Gasteiger partial charge is 0.465 e. The van der Waals surface area contributed by atoms with E-state index in [9.17, 15) is 9.59 Å². The van der Waals surface area contributed by atoms with Gasteiger partial charge in [0, 0.05) is 0 Å². The topological polar surface area (TPSA) is 75.6 Å². The molecule has 0 aromatic rings. The van der Waals surface area contributed by atoms with Crippen molar-refractivity contribution < 1.29 is 19.4 Å². The Bertz CT molecular complexity index is 228. The molecule has 0 heterocycles. The van der Waals surface area contributed by atoms with Crippen LogP contribution in [0.15, 0.2) is 0 Å². The minimum absolute atomic E-state index is 0.232. The van der Waals surface area contributed by atoms with Gasteiger partial charge in [0.15, 0.2) is 0 Å². The van der Waals surface area contributed by atoms with E-state index in [0.29, 0.717) is 13.0 Å². The van der Waals surface area contributed by atoms with Crippen LogP contribution in [0.4, 0.5) is 4.79 Å². The highest BCUT2D eigenvalue weighted by Gasteiger charge is 2.22. The summed E-state index contributed by atoms with van der Waals surface area (Å²) in [6.07, 6.45) is 0.997. The smallest absolute Gasteiger partial charge is 0.405 e. The molecular weight excluding hydrogens is 210 g/mol. The molecule has 1 amide bonds. The Morgan fingerprint density at radius 1 is 1.38 bits per heavy atom.